The third-order valence-corrected chi connectivity index (χ3v) is 5.79. The van der Waals surface area contributed by atoms with E-state index in [2.05, 4.69) is 34.3 Å². The van der Waals surface area contributed by atoms with Crippen molar-refractivity contribution in [2.24, 2.45) is 5.92 Å². The molecule has 1 saturated heterocycles. The van der Waals surface area contributed by atoms with Gasteiger partial charge in [0.1, 0.15) is 19.0 Å². The fourth-order valence-electron chi connectivity index (χ4n) is 4.06. The van der Waals surface area contributed by atoms with Gasteiger partial charge in [0.15, 0.2) is 23.0 Å². The molecule has 2 aliphatic rings. The van der Waals surface area contributed by atoms with E-state index in [1.165, 1.54) is 0 Å². The van der Waals surface area contributed by atoms with E-state index in [1.807, 2.05) is 34.8 Å². The smallest absolute Gasteiger partial charge is 0.227 e. The van der Waals surface area contributed by atoms with Crippen LogP contribution >= 0.6 is 0 Å². The summed E-state index contributed by atoms with van der Waals surface area (Å²) in [4.78, 5) is 15.0. The van der Waals surface area contributed by atoms with E-state index in [9.17, 15) is 4.79 Å². The highest BCUT2D eigenvalue weighted by molar-refractivity contribution is 5.93. The zero-order chi connectivity index (χ0) is 21.4. The summed E-state index contributed by atoms with van der Waals surface area (Å²) >= 11 is 0. The van der Waals surface area contributed by atoms with Gasteiger partial charge in [0.05, 0.1) is 0 Å². The molecule has 5 rings (SSSR count). The third-order valence-electron chi connectivity index (χ3n) is 5.79. The van der Waals surface area contributed by atoms with Crippen LogP contribution in [-0.4, -0.2) is 52.0 Å². The number of piperidine rings is 1. The number of amides is 1. The molecule has 2 aromatic heterocycles. The first-order valence-electron chi connectivity index (χ1n) is 10.8. The van der Waals surface area contributed by atoms with Gasteiger partial charge in [-0.1, -0.05) is 13.8 Å². The SMILES string of the molecule is CC(C)c1nnc2ccc(N3CCC(C(=O)Nc4ccc5c(c4)OCCO5)CC3)nn12. The molecule has 2 aliphatic heterocycles. The number of nitrogens with zero attached hydrogens (tertiary/aromatic N) is 5. The van der Waals surface area contributed by atoms with Crippen molar-refractivity contribution in [3.8, 4) is 11.5 Å². The summed E-state index contributed by atoms with van der Waals surface area (Å²) in [5.74, 6) is 3.39. The summed E-state index contributed by atoms with van der Waals surface area (Å²) in [5, 5.41) is 16.2. The van der Waals surface area contributed by atoms with E-state index in [1.54, 1.807) is 0 Å². The lowest BCUT2D eigenvalue weighted by molar-refractivity contribution is -0.120. The average molecular weight is 422 g/mol. The minimum atomic E-state index is -0.0330. The van der Waals surface area contributed by atoms with Crippen molar-refractivity contribution in [2.45, 2.75) is 32.6 Å². The summed E-state index contributed by atoms with van der Waals surface area (Å²) in [7, 11) is 0. The predicted molar refractivity (Wildman–Crippen MR) is 116 cm³/mol. The number of nitrogens with one attached hydrogen (secondary N) is 1. The molecule has 0 bridgehead atoms. The van der Waals surface area contributed by atoms with Crippen molar-refractivity contribution < 1.29 is 14.3 Å². The number of carbonyl (C=O) groups is 1. The molecule has 4 heterocycles. The fraction of sp³-hybridized carbons (Fsp3) is 0.455. The molecule has 0 saturated carbocycles. The second-order valence-electron chi connectivity index (χ2n) is 8.28. The second kappa shape index (κ2) is 8.05. The Hall–Kier alpha value is -3.36. The van der Waals surface area contributed by atoms with Crippen LogP contribution in [0.2, 0.25) is 0 Å². The highest BCUT2D eigenvalue weighted by Crippen LogP contribution is 2.33. The molecule has 31 heavy (non-hydrogen) atoms. The van der Waals surface area contributed by atoms with Crippen LogP contribution in [0.25, 0.3) is 5.65 Å². The highest BCUT2D eigenvalue weighted by Gasteiger charge is 2.26. The largest absolute Gasteiger partial charge is 0.486 e. The summed E-state index contributed by atoms with van der Waals surface area (Å²) in [6.07, 6.45) is 1.55. The van der Waals surface area contributed by atoms with Crippen LogP contribution in [0.1, 0.15) is 38.4 Å². The van der Waals surface area contributed by atoms with Crippen LogP contribution in [0, 0.1) is 5.92 Å². The maximum Gasteiger partial charge on any atom is 0.227 e. The Labute approximate surface area is 180 Å². The Bertz CT molecular complexity index is 1100. The van der Waals surface area contributed by atoms with E-state index in [4.69, 9.17) is 14.6 Å². The number of aromatic nitrogens is 4. The maximum atomic E-state index is 12.8. The number of ether oxygens (including phenoxy) is 2. The third kappa shape index (κ3) is 3.87. The van der Waals surface area contributed by atoms with E-state index >= 15 is 0 Å². The summed E-state index contributed by atoms with van der Waals surface area (Å²) in [5.41, 5.74) is 1.48. The van der Waals surface area contributed by atoms with E-state index in [0.29, 0.717) is 19.0 Å². The van der Waals surface area contributed by atoms with Crippen molar-refractivity contribution >= 4 is 23.1 Å². The number of fused-ring (bicyclic) bond motifs is 2. The van der Waals surface area contributed by atoms with Crippen LogP contribution in [-0.2, 0) is 4.79 Å². The van der Waals surface area contributed by atoms with Crippen molar-refractivity contribution in [3.05, 3.63) is 36.2 Å². The van der Waals surface area contributed by atoms with Gasteiger partial charge in [-0.25, -0.2) is 0 Å². The quantitative estimate of drug-likeness (QED) is 0.691. The Balaban J connectivity index is 1.22. The Kier molecular flexibility index (Phi) is 5.09. The van der Waals surface area contributed by atoms with Gasteiger partial charge in [-0.15, -0.1) is 15.3 Å². The van der Waals surface area contributed by atoms with Crippen molar-refractivity contribution in [3.63, 3.8) is 0 Å². The molecule has 162 valence electrons. The summed E-state index contributed by atoms with van der Waals surface area (Å²) in [6, 6.07) is 9.44. The lowest BCUT2D eigenvalue weighted by Crippen LogP contribution is -2.38. The molecule has 9 heteroatoms. The van der Waals surface area contributed by atoms with E-state index in [-0.39, 0.29) is 17.7 Å². The lowest BCUT2D eigenvalue weighted by Gasteiger charge is -2.32. The van der Waals surface area contributed by atoms with E-state index < -0.39 is 0 Å². The molecule has 1 fully saturated rings. The number of hydrogen-bond donors (Lipinski definition) is 1. The van der Waals surface area contributed by atoms with Gasteiger partial charge in [0, 0.05) is 36.7 Å². The van der Waals surface area contributed by atoms with Crippen LogP contribution in [0.5, 0.6) is 11.5 Å². The number of carbonyl (C=O) groups excluding carboxylic acids is 1. The molecule has 0 spiro atoms. The van der Waals surface area contributed by atoms with E-state index in [0.717, 1.165) is 54.7 Å². The topological polar surface area (TPSA) is 93.9 Å². The minimum Gasteiger partial charge on any atom is -0.486 e. The predicted octanol–water partition coefficient (Wildman–Crippen LogP) is 2.87. The number of anilines is 2. The van der Waals surface area contributed by atoms with Crippen LogP contribution in [0.4, 0.5) is 11.5 Å². The molecule has 1 amide bonds. The molecule has 1 N–H and O–H groups in total. The molecule has 0 unspecified atom stereocenters. The van der Waals surface area contributed by atoms with Crippen LogP contribution < -0.4 is 19.7 Å². The van der Waals surface area contributed by atoms with Crippen molar-refractivity contribution in [2.75, 3.05) is 36.5 Å². The molecule has 3 aromatic rings. The molecule has 1 aromatic carbocycles. The molecule has 9 nitrogen and oxygen atoms in total. The van der Waals surface area contributed by atoms with Gasteiger partial charge < -0.3 is 19.7 Å². The van der Waals surface area contributed by atoms with Crippen molar-refractivity contribution in [1.29, 1.82) is 0 Å². The highest BCUT2D eigenvalue weighted by atomic mass is 16.6. The zero-order valence-electron chi connectivity index (χ0n) is 17.7. The summed E-state index contributed by atoms with van der Waals surface area (Å²) < 4.78 is 13.0. The van der Waals surface area contributed by atoms with Gasteiger partial charge in [-0.05, 0) is 37.1 Å². The van der Waals surface area contributed by atoms with Crippen LogP contribution in [0.3, 0.4) is 0 Å². The second-order valence-corrected chi connectivity index (χ2v) is 8.28. The minimum absolute atomic E-state index is 0.0330. The number of benzene rings is 1. The normalized spacial score (nSPS) is 16.7. The Morgan fingerprint density at radius 2 is 1.84 bits per heavy atom. The van der Waals surface area contributed by atoms with Gasteiger partial charge in [0.2, 0.25) is 5.91 Å². The number of rotatable bonds is 4. The first kappa shape index (κ1) is 19.6. The zero-order valence-corrected chi connectivity index (χ0v) is 17.7. The fourth-order valence-corrected chi connectivity index (χ4v) is 4.06. The van der Waals surface area contributed by atoms with Gasteiger partial charge in [-0.3, -0.25) is 4.79 Å². The van der Waals surface area contributed by atoms with Crippen molar-refractivity contribution in [1.82, 2.24) is 19.8 Å². The standard InChI is InChI=1S/C22H26N6O3/c1-14(2)21-25-24-19-5-6-20(26-28(19)21)27-9-7-15(8-10-27)22(29)23-16-3-4-17-18(13-16)31-12-11-30-17/h3-6,13-15H,7-12H2,1-2H3,(H,23,29). The molecular formula is C22H26N6O3. The first-order valence-corrected chi connectivity index (χ1v) is 10.8. The van der Waals surface area contributed by atoms with Gasteiger partial charge in [0.25, 0.3) is 0 Å². The first-order chi connectivity index (χ1) is 15.1. The summed E-state index contributed by atoms with van der Waals surface area (Å²) in [6.45, 7) is 6.78. The maximum absolute atomic E-state index is 12.8. The molecular weight excluding hydrogens is 396 g/mol. The molecule has 0 radical (unpaired) electrons. The van der Waals surface area contributed by atoms with Gasteiger partial charge >= 0.3 is 0 Å². The Morgan fingerprint density at radius 1 is 1.06 bits per heavy atom. The average Bonchev–Trinajstić information content (AvgIpc) is 3.23. The molecule has 0 aliphatic carbocycles. The lowest BCUT2D eigenvalue weighted by atomic mass is 9.96. The van der Waals surface area contributed by atoms with Gasteiger partial charge in [-0.2, -0.15) is 4.52 Å². The molecule has 0 atom stereocenters. The number of hydrogen-bond acceptors (Lipinski definition) is 7. The Morgan fingerprint density at radius 3 is 2.61 bits per heavy atom. The van der Waals surface area contributed by atoms with Crippen LogP contribution in [0.15, 0.2) is 30.3 Å². The monoisotopic (exact) mass is 422 g/mol.